The van der Waals surface area contributed by atoms with E-state index in [9.17, 15) is 4.79 Å². The fraction of sp³-hybridized carbons (Fsp3) is 0.650. The molecule has 22 heavy (non-hydrogen) atoms. The number of allylic oxidation sites excluding steroid dienone is 6. The second kappa shape index (κ2) is 17.7. The first-order chi connectivity index (χ1) is 10.8. The molecule has 0 aliphatic heterocycles. The van der Waals surface area contributed by atoms with Gasteiger partial charge in [0.05, 0.1) is 6.61 Å². The molecule has 0 spiro atoms. The Bertz CT molecular complexity index is 327. The molecule has 0 rings (SSSR count). The van der Waals surface area contributed by atoms with Gasteiger partial charge in [0.15, 0.2) is 0 Å². The van der Waals surface area contributed by atoms with Gasteiger partial charge in [-0.2, -0.15) is 0 Å². The van der Waals surface area contributed by atoms with Crippen LogP contribution in [0.3, 0.4) is 0 Å². The fourth-order valence-electron chi connectivity index (χ4n) is 2.05. The highest BCUT2D eigenvalue weighted by molar-refractivity contribution is 5.69. The minimum atomic E-state index is -0.0721. The molecule has 0 aliphatic rings. The Balaban J connectivity index is 3.35. The largest absolute Gasteiger partial charge is 0.466 e. The lowest BCUT2D eigenvalue weighted by molar-refractivity contribution is -0.143. The zero-order chi connectivity index (χ0) is 16.3. The van der Waals surface area contributed by atoms with Crippen LogP contribution in [0.2, 0.25) is 0 Å². The Kier molecular flexibility index (Phi) is 16.7. The molecule has 0 unspecified atom stereocenters. The first-order valence-electron chi connectivity index (χ1n) is 8.91. The quantitative estimate of drug-likeness (QED) is 0.219. The lowest BCUT2D eigenvalue weighted by Gasteiger charge is -1.99. The van der Waals surface area contributed by atoms with Crippen LogP contribution in [0.15, 0.2) is 36.5 Å². The lowest BCUT2D eigenvalue weighted by Crippen LogP contribution is -2.02. The molecule has 126 valence electrons. The van der Waals surface area contributed by atoms with Crippen LogP contribution in [0.4, 0.5) is 0 Å². The molecule has 0 bridgehead atoms. The van der Waals surface area contributed by atoms with Crippen LogP contribution in [0.5, 0.6) is 0 Å². The number of hydrogen-bond donors (Lipinski definition) is 0. The highest BCUT2D eigenvalue weighted by Crippen LogP contribution is 2.03. The lowest BCUT2D eigenvalue weighted by atomic mass is 10.1. The monoisotopic (exact) mass is 306 g/mol. The third kappa shape index (κ3) is 16.7. The van der Waals surface area contributed by atoms with E-state index < -0.39 is 0 Å². The first-order valence-corrected chi connectivity index (χ1v) is 8.91. The van der Waals surface area contributed by atoms with Crippen molar-refractivity contribution in [2.75, 3.05) is 6.61 Å². The zero-order valence-electron chi connectivity index (χ0n) is 14.6. The van der Waals surface area contributed by atoms with Crippen molar-refractivity contribution in [2.24, 2.45) is 0 Å². The summed E-state index contributed by atoms with van der Waals surface area (Å²) in [6.07, 6.45) is 24.2. The van der Waals surface area contributed by atoms with Crippen molar-refractivity contribution in [2.45, 2.75) is 78.1 Å². The van der Waals surface area contributed by atoms with Crippen LogP contribution in [-0.4, -0.2) is 12.6 Å². The molecule has 0 amide bonds. The number of carbonyl (C=O) groups is 1. The van der Waals surface area contributed by atoms with E-state index in [-0.39, 0.29) is 5.97 Å². The summed E-state index contributed by atoms with van der Waals surface area (Å²) in [5, 5.41) is 0. The summed E-state index contributed by atoms with van der Waals surface area (Å²) in [6, 6.07) is 0. The van der Waals surface area contributed by atoms with E-state index in [1.54, 1.807) is 0 Å². The Morgan fingerprint density at radius 1 is 0.773 bits per heavy atom. The number of rotatable bonds is 14. The maximum Gasteiger partial charge on any atom is 0.305 e. The van der Waals surface area contributed by atoms with Crippen LogP contribution >= 0.6 is 0 Å². The smallest absolute Gasteiger partial charge is 0.305 e. The third-order valence-corrected chi connectivity index (χ3v) is 3.33. The van der Waals surface area contributed by atoms with Gasteiger partial charge in [-0.25, -0.2) is 0 Å². The predicted octanol–water partition coefficient (Wildman–Crippen LogP) is 6.14. The summed E-state index contributed by atoms with van der Waals surface area (Å²) < 4.78 is 4.89. The molecule has 2 heteroatoms. The summed E-state index contributed by atoms with van der Waals surface area (Å²) in [5.74, 6) is -0.0721. The van der Waals surface area contributed by atoms with Crippen LogP contribution in [-0.2, 0) is 9.53 Å². The summed E-state index contributed by atoms with van der Waals surface area (Å²) in [6.45, 7) is 4.57. The molecule has 0 aromatic rings. The molecule has 0 aromatic carbocycles. The molecular formula is C20H34O2. The van der Waals surface area contributed by atoms with E-state index in [4.69, 9.17) is 4.74 Å². The van der Waals surface area contributed by atoms with Crippen molar-refractivity contribution in [3.05, 3.63) is 36.5 Å². The second-order valence-corrected chi connectivity index (χ2v) is 5.43. The van der Waals surface area contributed by atoms with Crippen molar-refractivity contribution in [3.63, 3.8) is 0 Å². The van der Waals surface area contributed by atoms with Crippen molar-refractivity contribution >= 4 is 5.97 Å². The summed E-state index contributed by atoms with van der Waals surface area (Å²) >= 11 is 0. The highest BCUT2D eigenvalue weighted by Gasteiger charge is 1.99. The van der Waals surface area contributed by atoms with Gasteiger partial charge in [-0.05, 0) is 51.9 Å². The molecule has 2 nitrogen and oxygen atoms in total. The summed E-state index contributed by atoms with van der Waals surface area (Å²) in [5.41, 5.74) is 0. The molecule has 0 aliphatic carbocycles. The topological polar surface area (TPSA) is 26.3 Å². The Labute approximate surface area is 137 Å². The first kappa shape index (κ1) is 20.7. The van der Waals surface area contributed by atoms with Gasteiger partial charge in [-0.3, -0.25) is 4.79 Å². The van der Waals surface area contributed by atoms with Gasteiger partial charge in [0.2, 0.25) is 0 Å². The Hall–Kier alpha value is -1.31. The van der Waals surface area contributed by atoms with E-state index >= 15 is 0 Å². The number of unbranched alkanes of at least 4 members (excludes halogenated alkanes) is 5. The number of ether oxygens (including phenoxy) is 1. The molecule has 0 heterocycles. The number of hydrogen-bond acceptors (Lipinski definition) is 2. The van der Waals surface area contributed by atoms with E-state index in [1.165, 1.54) is 25.7 Å². The SMILES string of the molecule is CCCCC/C=C/C/C=C/C/C=C/CCCCC(=O)OCC. The number of esters is 1. The zero-order valence-corrected chi connectivity index (χ0v) is 14.6. The van der Waals surface area contributed by atoms with Gasteiger partial charge in [-0.1, -0.05) is 56.2 Å². The van der Waals surface area contributed by atoms with Crippen LogP contribution in [0, 0.1) is 0 Å². The Morgan fingerprint density at radius 2 is 1.32 bits per heavy atom. The molecule has 0 atom stereocenters. The average Bonchev–Trinajstić information content (AvgIpc) is 2.51. The standard InChI is InChI=1S/C20H34O2/c1-3-5-6-7-8-9-10-11-12-13-14-15-16-17-18-19-20(21)22-4-2/h8-9,11-12,14-15H,3-7,10,13,16-19H2,1-2H3/b9-8+,12-11+,15-14+. The van der Waals surface area contributed by atoms with Crippen LogP contribution < -0.4 is 0 Å². The van der Waals surface area contributed by atoms with Gasteiger partial charge in [0, 0.05) is 6.42 Å². The van der Waals surface area contributed by atoms with Gasteiger partial charge in [0.25, 0.3) is 0 Å². The minimum absolute atomic E-state index is 0.0721. The Morgan fingerprint density at radius 3 is 1.86 bits per heavy atom. The van der Waals surface area contributed by atoms with Crippen molar-refractivity contribution in [1.82, 2.24) is 0 Å². The maximum absolute atomic E-state index is 11.1. The maximum atomic E-state index is 11.1. The molecule has 0 radical (unpaired) electrons. The average molecular weight is 306 g/mol. The van der Waals surface area contributed by atoms with Gasteiger partial charge in [-0.15, -0.1) is 0 Å². The van der Waals surface area contributed by atoms with Gasteiger partial charge < -0.3 is 4.74 Å². The molecular weight excluding hydrogens is 272 g/mol. The molecule has 0 saturated heterocycles. The fourth-order valence-corrected chi connectivity index (χ4v) is 2.05. The normalized spacial score (nSPS) is 11.9. The highest BCUT2D eigenvalue weighted by atomic mass is 16.5. The van der Waals surface area contributed by atoms with Crippen molar-refractivity contribution < 1.29 is 9.53 Å². The molecule has 0 N–H and O–H groups in total. The van der Waals surface area contributed by atoms with Crippen molar-refractivity contribution in [3.8, 4) is 0 Å². The van der Waals surface area contributed by atoms with Gasteiger partial charge in [0.1, 0.15) is 0 Å². The third-order valence-electron chi connectivity index (χ3n) is 3.33. The predicted molar refractivity (Wildman–Crippen MR) is 95.9 cm³/mol. The summed E-state index contributed by atoms with van der Waals surface area (Å²) in [7, 11) is 0. The minimum Gasteiger partial charge on any atom is -0.466 e. The van der Waals surface area contributed by atoms with Crippen LogP contribution in [0.25, 0.3) is 0 Å². The summed E-state index contributed by atoms with van der Waals surface area (Å²) in [4.78, 5) is 11.1. The second-order valence-electron chi connectivity index (χ2n) is 5.43. The van der Waals surface area contributed by atoms with E-state index in [0.29, 0.717) is 13.0 Å². The van der Waals surface area contributed by atoms with E-state index in [2.05, 4.69) is 43.4 Å². The van der Waals surface area contributed by atoms with Crippen molar-refractivity contribution in [1.29, 1.82) is 0 Å². The van der Waals surface area contributed by atoms with E-state index in [1.807, 2.05) is 6.92 Å². The van der Waals surface area contributed by atoms with Gasteiger partial charge >= 0.3 is 5.97 Å². The number of carbonyl (C=O) groups excluding carboxylic acids is 1. The molecule has 0 fully saturated rings. The molecule has 0 aromatic heterocycles. The molecule has 0 saturated carbocycles. The van der Waals surface area contributed by atoms with E-state index in [0.717, 1.165) is 32.1 Å². The van der Waals surface area contributed by atoms with Crippen LogP contribution in [0.1, 0.15) is 78.1 Å².